The fourth-order valence-electron chi connectivity index (χ4n) is 3.53. The van der Waals surface area contributed by atoms with Crippen LogP contribution in [0.5, 0.6) is 0 Å². The van der Waals surface area contributed by atoms with Gasteiger partial charge in [-0.25, -0.2) is 0 Å². The fraction of sp³-hybridized carbons (Fsp3) is 0.182. The van der Waals surface area contributed by atoms with Crippen molar-refractivity contribution in [2.75, 3.05) is 16.8 Å². The van der Waals surface area contributed by atoms with Gasteiger partial charge in [0.1, 0.15) is 0 Å². The fourth-order valence-corrected chi connectivity index (χ4v) is 3.53. The van der Waals surface area contributed by atoms with Crippen LogP contribution in [-0.2, 0) is 16.0 Å². The lowest BCUT2D eigenvalue weighted by Crippen LogP contribution is -2.26. The lowest BCUT2D eigenvalue weighted by atomic mass is 10.0. The Kier molecular flexibility index (Phi) is 4.40. The highest BCUT2D eigenvalue weighted by Crippen LogP contribution is 2.29. The quantitative estimate of drug-likeness (QED) is 0.773. The van der Waals surface area contributed by atoms with E-state index in [1.165, 1.54) is 0 Å². The lowest BCUT2D eigenvalue weighted by molar-refractivity contribution is -0.117. The van der Waals surface area contributed by atoms with Crippen molar-refractivity contribution in [2.24, 2.45) is 0 Å². The van der Waals surface area contributed by atoms with Crippen molar-refractivity contribution in [2.45, 2.75) is 19.3 Å². The van der Waals surface area contributed by atoms with Gasteiger partial charge in [0.05, 0.1) is 17.8 Å². The number of rotatable bonds is 4. The minimum Gasteiger partial charge on any atom is -0.324 e. The van der Waals surface area contributed by atoms with Crippen molar-refractivity contribution < 1.29 is 9.59 Å². The van der Waals surface area contributed by atoms with E-state index in [1.54, 1.807) is 4.90 Å². The zero-order valence-corrected chi connectivity index (χ0v) is 14.4. The molecule has 0 bridgehead atoms. The second-order valence-electron chi connectivity index (χ2n) is 6.53. The van der Waals surface area contributed by atoms with E-state index in [1.807, 2.05) is 66.7 Å². The standard InChI is InChI=1S/C22H20N2O2/c25-21(15-17-9-5-8-16-7-1-2-10-18(16)17)23-19-11-3-4-12-20(19)24-14-6-13-22(24)26/h1-5,7-12H,6,13-15H2,(H,23,25). The first-order chi connectivity index (χ1) is 12.7. The molecule has 0 aromatic heterocycles. The molecule has 1 aliphatic rings. The number of anilines is 2. The van der Waals surface area contributed by atoms with Crippen LogP contribution in [0.4, 0.5) is 11.4 Å². The second-order valence-corrected chi connectivity index (χ2v) is 6.53. The van der Waals surface area contributed by atoms with Gasteiger partial charge in [-0.2, -0.15) is 0 Å². The Hall–Kier alpha value is -3.14. The minimum atomic E-state index is -0.0829. The molecule has 130 valence electrons. The summed E-state index contributed by atoms with van der Waals surface area (Å²) in [5.41, 5.74) is 2.46. The molecule has 0 spiro atoms. The van der Waals surface area contributed by atoms with E-state index in [4.69, 9.17) is 0 Å². The predicted octanol–water partition coefficient (Wildman–Crippen LogP) is 4.15. The molecule has 1 N–H and O–H groups in total. The average Bonchev–Trinajstić information content (AvgIpc) is 3.08. The first-order valence-electron chi connectivity index (χ1n) is 8.88. The Labute approximate surface area is 152 Å². The maximum Gasteiger partial charge on any atom is 0.228 e. The number of hydrogen-bond acceptors (Lipinski definition) is 2. The topological polar surface area (TPSA) is 49.4 Å². The molecule has 4 nitrogen and oxygen atoms in total. The highest BCUT2D eigenvalue weighted by atomic mass is 16.2. The Morgan fingerprint density at radius 1 is 0.962 bits per heavy atom. The van der Waals surface area contributed by atoms with Gasteiger partial charge < -0.3 is 10.2 Å². The van der Waals surface area contributed by atoms with Gasteiger partial charge in [-0.3, -0.25) is 9.59 Å². The summed E-state index contributed by atoms with van der Waals surface area (Å²) < 4.78 is 0. The maximum atomic E-state index is 12.7. The number of fused-ring (bicyclic) bond motifs is 1. The van der Waals surface area contributed by atoms with E-state index in [0.717, 1.165) is 28.4 Å². The summed E-state index contributed by atoms with van der Waals surface area (Å²) >= 11 is 0. The Morgan fingerprint density at radius 2 is 1.73 bits per heavy atom. The third-order valence-corrected chi connectivity index (χ3v) is 4.77. The van der Waals surface area contributed by atoms with Crippen molar-refractivity contribution in [1.29, 1.82) is 0 Å². The summed E-state index contributed by atoms with van der Waals surface area (Å²) in [4.78, 5) is 26.5. The lowest BCUT2D eigenvalue weighted by Gasteiger charge is -2.20. The molecule has 0 atom stereocenters. The van der Waals surface area contributed by atoms with Gasteiger partial charge in [-0.05, 0) is 34.9 Å². The van der Waals surface area contributed by atoms with Crippen LogP contribution in [0.15, 0.2) is 66.7 Å². The van der Waals surface area contributed by atoms with Crippen LogP contribution >= 0.6 is 0 Å². The van der Waals surface area contributed by atoms with E-state index in [-0.39, 0.29) is 11.8 Å². The summed E-state index contributed by atoms with van der Waals surface area (Å²) in [6.07, 6.45) is 1.72. The molecule has 3 aromatic carbocycles. The molecule has 1 heterocycles. The molecule has 3 aromatic rings. The Bertz CT molecular complexity index is 975. The number of para-hydroxylation sites is 2. The van der Waals surface area contributed by atoms with Crippen molar-refractivity contribution in [1.82, 2.24) is 0 Å². The number of nitrogens with zero attached hydrogens (tertiary/aromatic N) is 1. The molecule has 26 heavy (non-hydrogen) atoms. The number of benzene rings is 3. The molecule has 1 aliphatic heterocycles. The van der Waals surface area contributed by atoms with Gasteiger partial charge in [0, 0.05) is 13.0 Å². The Morgan fingerprint density at radius 3 is 2.58 bits per heavy atom. The number of carbonyl (C=O) groups excluding carboxylic acids is 2. The maximum absolute atomic E-state index is 12.7. The smallest absolute Gasteiger partial charge is 0.228 e. The average molecular weight is 344 g/mol. The highest BCUT2D eigenvalue weighted by molar-refractivity contribution is 6.03. The summed E-state index contributed by atoms with van der Waals surface area (Å²) in [6.45, 7) is 0.703. The monoisotopic (exact) mass is 344 g/mol. The number of carbonyl (C=O) groups is 2. The second kappa shape index (κ2) is 7.00. The number of hydrogen-bond donors (Lipinski definition) is 1. The van der Waals surface area contributed by atoms with Gasteiger partial charge in [0.2, 0.25) is 11.8 Å². The minimum absolute atomic E-state index is 0.0829. The van der Waals surface area contributed by atoms with Crippen LogP contribution in [0.2, 0.25) is 0 Å². The summed E-state index contributed by atoms with van der Waals surface area (Å²) in [7, 11) is 0. The van der Waals surface area contributed by atoms with Gasteiger partial charge in [0.25, 0.3) is 0 Å². The Balaban J connectivity index is 1.56. The van der Waals surface area contributed by atoms with E-state index < -0.39 is 0 Å². The van der Waals surface area contributed by atoms with Crippen molar-refractivity contribution in [3.05, 3.63) is 72.3 Å². The molecule has 0 saturated carbocycles. The van der Waals surface area contributed by atoms with Crippen LogP contribution in [0.3, 0.4) is 0 Å². The molecule has 0 unspecified atom stereocenters. The largest absolute Gasteiger partial charge is 0.324 e. The molecule has 4 heteroatoms. The van der Waals surface area contributed by atoms with Crippen molar-refractivity contribution >= 4 is 34.0 Å². The molecular weight excluding hydrogens is 324 g/mol. The SMILES string of the molecule is O=C(Cc1cccc2ccccc12)Nc1ccccc1N1CCCC1=O. The van der Waals surface area contributed by atoms with Gasteiger partial charge in [0.15, 0.2) is 0 Å². The number of amides is 2. The van der Waals surface area contributed by atoms with Crippen LogP contribution in [0.1, 0.15) is 18.4 Å². The normalized spacial score (nSPS) is 14.0. The third-order valence-electron chi connectivity index (χ3n) is 4.77. The zero-order valence-electron chi connectivity index (χ0n) is 14.4. The van der Waals surface area contributed by atoms with Crippen LogP contribution in [-0.4, -0.2) is 18.4 Å². The van der Waals surface area contributed by atoms with Crippen molar-refractivity contribution in [3.63, 3.8) is 0 Å². The molecule has 0 aliphatic carbocycles. The van der Waals surface area contributed by atoms with E-state index in [2.05, 4.69) is 5.32 Å². The molecule has 0 radical (unpaired) electrons. The zero-order chi connectivity index (χ0) is 17.9. The van der Waals surface area contributed by atoms with Gasteiger partial charge in [-0.15, -0.1) is 0 Å². The molecule has 1 fully saturated rings. The van der Waals surface area contributed by atoms with Crippen molar-refractivity contribution in [3.8, 4) is 0 Å². The van der Waals surface area contributed by atoms with Gasteiger partial charge >= 0.3 is 0 Å². The highest BCUT2D eigenvalue weighted by Gasteiger charge is 2.24. The van der Waals surface area contributed by atoms with Crippen LogP contribution in [0, 0.1) is 0 Å². The summed E-state index contributed by atoms with van der Waals surface area (Å²) in [5, 5.41) is 5.21. The molecule has 2 amide bonds. The van der Waals surface area contributed by atoms with Crippen LogP contribution in [0.25, 0.3) is 10.8 Å². The first-order valence-corrected chi connectivity index (χ1v) is 8.88. The molecule has 4 rings (SSSR count). The first kappa shape index (κ1) is 16.3. The molecule has 1 saturated heterocycles. The van der Waals surface area contributed by atoms with E-state index in [9.17, 15) is 9.59 Å². The third kappa shape index (κ3) is 3.18. The number of nitrogens with one attached hydrogen (secondary N) is 1. The van der Waals surface area contributed by atoms with Crippen LogP contribution < -0.4 is 10.2 Å². The molecular formula is C22H20N2O2. The van der Waals surface area contributed by atoms with E-state index >= 15 is 0 Å². The summed E-state index contributed by atoms with van der Waals surface area (Å²) in [5.74, 6) is 0.0289. The predicted molar refractivity (Wildman–Crippen MR) is 104 cm³/mol. The summed E-state index contributed by atoms with van der Waals surface area (Å²) in [6, 6.07) is 21.6. The van der Waals surface area contributed by atoms with Gasteiger partial charge in [-0.1, -0.05) is 54.6 Å². The van der Waals surface area contributed by atoms with E-state index in [0.29, 0.717) is 25.1 Å².